The van der Waals surface area contributed by atoms with Gasteiger partial charge in [-0.1, -0.05) is 12.1 Å². The van der Waals surface area contributed by atoms with Crippen LogP contribution in [0.4, 0.5) is 10.5 Å². The quantitative estimate of drug-likeness (QED) is 0.943. The van der Waals surface area contributed by atoms with Gasteiger partial charge in [-0.2, -0.15) is 0 Å². The van der Waals surface area contributed by atoms with Crippen LogP contribution in [0.3, 0.4) is 0 Å². The first kappa shape index (κ1) is 16.2. The highest BCUT2D eigenvalue weighted by Gasteiger charge is 2.18. The lowest BCUT2D eigenvalue weighted by molar-refractivity contribution is 0.208. The van der Waals surface area contributed by atoms with E-state index in [9.17, 15) is 9.00 Å². The number of aromatic nitrogens is 1. The molecule has 0 bridgehead atoms. The number of para-hydroxylation sites is 1. The maximum Gasteiger partial charge on any atom is 0.322 e. The summed E-state index contributed by atoms with van der Waals surface area (Å²) in [5.74, 6) is 0. The van der Waals surface area contributed by atoms with E-state index in [1.165, 1.54) is 0 Å². The normalized spacial score (nSPS) is 13.2. The molecule has 0 saturated carbocycles. The average molecular weight is 317 g/mol. The van der Waals surface area contributed by atoms with Crippen LogP contribution in [-0.2, 0) is 10.8 Å². The molecule has 0 aliphatic carbocycles. The van der Waals surface area contributed by atoms with E-state index in [1.807, 2.05) is 19.1 Å². The fourth-order valence-electron chi connectivity index (χ4n) is 2.07. The lowest BCUT2D eigenvalue weighted by Gasteiger charge is -2.25. The van der Waals surface area contributed by atoms with Gasteiger partial charge < -0.3 is 10.2 Å². The van der Waals surface area contributed by atoms with E-state index < -0.39 is 10.8 Å². The largest absolute Gasteiger partial charge is 0.322 e. The smallest absolute Gasteiger partial charge is 0.321 e. The van der Waals surface area contributed by atoms with Crippen molar-refractivity contribution in [2.45, 2.75) is 17.9 Å². The highest BCUT2D eigenvalue weighted by atomic mass is 32.2. The highest BCUT2D eigenvalue weighted by molar-refractivity contribution is 7.84. The van der Waals surface area contributed by atoms with Crippen LogP contribution >= 0.6 is 0 Å². The van der Waals surface area contributed by atoms with Crippen molar-refractivity contribution < 1.29 is 9.00 Å². The fraction of sp³-hybridized carbons (Fsp3) is 0.250. The van der Waals surface area contributed by atoms with Crippen LogP contribution in [0.5, 0.6) is 0 Å². The van der Waals surface area contributed by atoms with Crippen LogP contribution in [0, 0.1) is 0 Å². The van der Waals surface area contributed by atoms with Crippen molar-refractivity contribution in [3.8, 4) is 0 Å². The van der Waals surface area contributed by atoms with Gasteiger partial charge in [-0.05, 0) is 36.8 Å². The number of hydrogen-bond acceptors (Lipinski definition) is 3. The summed E-state index contributed by atoms with van der Waals surface area (Å²) in [6.07, 6.45) is 4.99. The van der Waals surface area contributed by atoms with Crippen molar-refractivity contribution in [2.24, 2.45) is 0 Å². The standard InChI is InChI=1S/C16H19N3O2S/c1-12(13-8-10-17-11-9-13)19(2)16(20)18-14-6-4-5-7-15(14)22(3)21/h4-12H,1-3H3,(H,18,20). The first-order chi connectivity index (χ1) is 10.5. The second-order valence-corrected chi connectivity index (χ2v) is 6.30. The molecular formula is C16H19N3O2S. The minimum Gasteiger partial charge on any atom is -0.321 e. The third kappa shape index (κ3) is 3.71. The third-order valence-corrected chi connectivity index (χ3v) is 4.50. The van der Waals surface area contributed by atoms with E-state index in [1.54, 1.807) is 54.9 Å². The van der Waals surface area contributed by atoms with Crippen LogP contribution in [-0.4, -0.2) is 33.4 Å². The Morgan fingerprint density at radius 2 is 1.86 bits per heavy atom. The SMILES string of the molecule is CC(c1ccncc1)N(C)C(=O)Nc1ccccc1S(C)=O. The Kier molecular flexibility index (Phi) is 5.27. The summed E-state index contributed by atoms with van der Waals surface area (Å²) >= 11 is 0. The van der Waals surface area contributed by atoms with Crippen molar-refractivity contribution >= 4 is 22.5 Å². The molecule has 1 N–H and O–H groups in total. The zero-order chi connectivity index (χ0) is 16.1. The molecule has 0 saturated heterocycles. The van der Waals surface area contributed by atoms with Gasteiger partial charge >= 0.3 is 6.03 Å². The number of anilines is 1. The van der Waals surface area contributed by atoms with Gasteiger partial charge in [0.05, 0.1) is 27.4 Å². The molecule has 2 rings (SSSR count). The average Bonchev–Trinajstić information content (AvgIpc) is 2.54. The summed E-state index contributed by atoms with van der Waals surface area (Å²) in [6, 6.07) is 10.5. The zero-order valence-electron chi connectivity index (χ0n) is 12.8. The molecule has 0 fully saturated rings. The van der Waals surface area contributed by atoms with Gasteiger partial charge in [0.15, 0.2) is 0 Å². The number of nitrogens with one attached hydrogen (secondary N) is 1. The lowest BCUT2D eigenvalue weighted by atomic mass is 10.1. The Balaban J connectivity index is 2.14. The number of hydrogen-bond donors (Lipinski definition) is 1. The molecule has 0 spiro atoms. The molecule has 2 aromatic rings. The molecular weight excluding hydrogens is 298 g/mol. The van der Waals surface area contributed by atoms with Crippen LogP contribution < -0.4 is 5.32 Å². The highest BCUT2D eigenvalue weighted by Crippen LogP contribution is 2.22. The summed E-state index contributed by atoms with van der Waals surface area (Å²) in [5, 5.41) is 2.82. The molecule has 0 aliphatic heterocycles. The summed E-state index contributed by atoms with van der Waals surface area (Å²) in [7, 11) is 0.570. The van der Waals surface area contributed by atoms with E-state index >= 15 is 0 Å². The topological polar surface area (TPSA) is 62.3 Å². The number of benzene rings is 1. The van der Waals surface area contributed by atoms with Gasteiger partial charge in [0, 0.05) is 25.7 Å². The molecule has 1 aromatic heterocycles. The Bertz CT molecular complexity index is 676. The minimum absolute atomic E-state index is 0.0951. The van der Waals surface area contributed by atoms with Crippen molar-refractivity contribution in [3.63, 3.8) is 0 Å². The molecule has 2 atom stereocenters. The number of carbonyl (C=O) groups is 1. The lowest BCUT2D eigenvalue weighted by Crippen LogP contribution is -2.33. The zero-order valence-corrected chi connectivity index (χ0v) is 13.6. The molecule has 0 aliphatic rings. The number of amides is 2. The maximum atomic E-state index is 12.4. The van der Waals surface area contributed by atoms with Crippen molar-refractivity contribution in [1.82, 2.24) is 9.88 Å². The second kappa shape index (κ2) is 7.17. The molecule has 2 amide bonds. The molecule has 116 valence electrons. The van der Waals surface area contributed by atoms with E-state index in [0.717, 1.165) is 5.56 Å². The van der Waals surface area contributed by atoms with E-state index in [2.05, 4.69) is 10.3 Å². The van der Waals surface area contributed by atoms with Crippen molar-refractivity contribution in [2.75, 3.05) is 18.6 Å². The molecule has 1 aromatic carbocycles. The molecule has 2 unspecified atom stereocenters. The van der Waals surface area contributed by atoms with Crippen LogP contribution in [0.2, 0.25) is 0 Å². The predicted octanol–water partition coefficient (Wildman–Crippen LogP) is 3.04. The Morgan fingerprint density at radius 1 is 1.23 bits per heavy atom. The Morgan fingerprint density at radius 3 is 2.50 bits per heavy atom. The maximum absolute atomic E-state index is 12.4. The van der Waals surface area contributed by atoms with Gasteiger partial charge in [-0.25, -0.2) is 4.79 Å². The number of urea groups is 1. The summed E-state index contributed by atoms with van der Waals surface area (Å²) in [6.45, 7) is 1.94. The summed E-state index contributed by atoms with van der Waals surface area (Å²) in [4.78, 5) is 18.6. The van der Waals surface area contributed by atoms with Crippen LogP contribution in [0.25, 0.3) is 0 Å². The Labute approximate surface area is 132 Å². The van der Waals surface area contributed by atoms with Gasteiger partial charge in [0.1, 0.15) is 0 Å². The number of rotatable bonds is 4. The summed E-state index contributed by atoms with van der Waals surface area (Å²) < 4.78 is 11.7. The van der Waals surface area contributed by atoms with Gasteiger partial charge in [0.25, 0.3) is 0 Å². The molecule has 0 radical (unpaired) electrons. The summed E-state index contributed by atoms with van der Waals surface area (Å²) in [5.41, 5.74) is 1.57. The number of nitrogens with zero attached hydrogens (tertiary/aromatic N) is 2. The molecule has 22 heavy (non-hydrogen) atoms. The van der Waals surface area contributed by atoms with Crippen LogP contribution in [0.1, 0.15) is 18.5 Å². The van der Waals surface area contributed by atoms with Gasteiger partial charge in [0.2, 0.25) is 0 Å². The monoisotopic (exact) mass is 317 g/mol. The third-order valence-electron chi connectivity index (χ3n) is 3.53. The number of pyridine rings is 1. The first-order valence-corrected chi connectivity index (χ1v) is 8.42. The van der Waals surface area contributed by atoms with E-state index in [4.69, 9.17) is 0 Å². The second-order valence-electron chi connectivity index (χ2n) is 4.95. The van der Waals surface area contributed by atoms with Gasteiger partial charge in [-0.15, -0.1) is 0 Å². The van der Waals surface area contributed by atoms with Crippen molar-refractivity contribution in [1.29, 1.82) is 0 Å². The molecule has 6 heteroatoms. The van der Waals surface area contributed by atoms with Crippen molar-refractivity contribution in [3.05, 3.63) is 54.4 Å². The van der Waals surface area contributed by atoms with Crippen LogP contribution in [0.15, 0.2) is 53.7 Å². The fourth-order valence-corrected chi connectivity index (χ4v) is 2.76. The van der Waals surface area contributed by atoms with Gasteiger partial charge in [-0.3, -0.25) is 9.19 Å². The Hall–Kier alpha value is -2.21. The predicted molar refractivity (Wildman–Crippen MR) is 88.2 cm³/mol. The number of carbonyl (C=O) groups excluding carboxylic acids is 1. The van der Waals surface area contributed by atoms with E-state index in [0.29, 0.717) is 10.6 Å². The minimum atomic E-state index is -1.16. The van der Waals surface area contributed by atoms with E-state index in [-0.39, 0.29) is 12.1 Å². The molecule has 5 nitrogen and oxygen atoms in total. The molecule has 1 heterocycles. The first-order valence-electron chi connectivity index (χ1n) is 6.87.